The topological polar surface area (TPSA) is 124 Å². The molecule has 39 heavy (non-hydrogen) atoms. The van der Waals surface area contributed by atoms with Gasteiger partial charge in [-0.05, 0) is 18.9 Å². The molecule has 14 heteroatoms. The van der Waals surface area contributed by atoms with E-state index in [1.165, 1.54) is 28.4 Å². The number of aromatic nitrogens is 1. The van der Waals surface area contributed by atoms with Crippen LogP contribution in [-0.2, 0) is 14.3 Å². The summed E-state index contributed by atoms with van der Waals surface area (Å²) >= 11 is 7.52. The molecule has 0 amide bonds. The fraction of sp³-hybridized carbons (Fsp3) is 0.440. The van der Waals surface area contributed by atoms with Crippen molar-refractivity contribution in [3.05, 3.63) is 62.5 Å². The molecule has 2 fully saturated rings. The minimum Gasteiger partial charge on any atom is -0.481 e. The lowest BCUT2D eigenvalue weighted by Gasteiger charge is -2.44. The van der Waals surface area contributed by atoms with E-state index in [0.717, 1.165) is 13.2 Å². The molecule has 0 aliphatic carbocycles. The third-order valence-corrected chi connectivity index (χ3v) is 8.50. The number of methoxy groups -OCH3 is 1. The van der Waals surface area contributed by atoms with Gasteiger partial charge in [0.05, 0.1) is 35.8 Å². The predicted molar refractivity (Wildman–Crippen MR) is 135 cm³/mol. The van der Waals surface area contributed by atoms with Gasteiger partial charge in [0.2, 0.25) is 0 Å². The van der Waals surface area contributed by atoms with Gasteiger partial charge in [-0.1, -0.05) is 23.7 Å². The summed E-state index contributed by atoms with van der Waals surface area (Å²) in [5.41, 5.74) is -1.47. The van der Waals surface area contributed by atoms with Crippen LogP contribution >= 0.6 is 22.9 Å². The Labute approximate surface area is 230 Å². The van der Waals surface area contributed by atoms with Gasteiger partial charge in [-0.25, -0.2) is 22.9 Å². The van der Waals surface area contributed by atoms with E-state index in [0.29, 0.717) is 5.01 Å². The molecule has 0 spiro atoms. The largest absolute Gasteiger partial charge is 0.481 e. The summed E-state index contributed by atoms with van der Waals surface area (Å²) in [5, 5.41) is 25.0. The first-order valence-corrected chi connectivity index (χ1v) is 13.3. The number of hydrogen-bond donors (Lipinski definition) is 3. The second-order valence-corrected chi connectivity index (χ2v) is 11.2. The van der Waals surface area contributed by atoms with Gasteiger partial charge in [-0.2, -0.15) is 0 Å². The molecule has 0 radical (unpaired) electrons. The average molecular weight is 585 g/mol. The van der Waals surface area contributed by atoms with Crippen LogP contribution < -0.4 is 5.32 Å². The Kier molecular flexibility index (Phi) is 7.20. The molecule has 1 aromatic carbocycles. The van der Waals surface area contributed by atoms with E-state index in [1.54, 1.807) is 11.6 Å². The number of fused-ring (bicyclic) bond motifs is 2. The van der Waals surface area contributed by atoms with E-state index in [1.807, 2.05) is 0 Å². The average Bonchev–Trinajstić information content (AvgIpc) is 3.45. The minimum atomic E-state index is -3.20. The van der Waals surface area contributed by atoms with Crippen molar-refractivity contribution < 1.29 is 37.7 Å². The normalized spacial score (nSPS) is 28.2. The molecule has 2 saturated heterocycles. The summed E-state index contributed by atoms with van der Waals surface area (Å²) in [6.45, 7) is -0.202. The van der Waals surface area contributed by atoms with Crippen LogP contribution in [0.25, 0.3) is 0 Å². The van der Waals surface area contributed by atoms with Crippen molar-refractivity contribution in [3.63, 3.8) is 0 Å². The maximum Gasteiger partial charge on any atom is 0.338 e. The van der Waals surface area contributed by atoms with Gasteiger partial charge in [0.15, 0.2) is 10.8 Å². The van der Waals surface area contributed by atoms with Gasteiger partial charge in [-0.15, -0.1) is 11.3 Å². The number of carboxylic acid groups (broad SMARTS) is 1. The van der Waals surface area contributed by atoms with E-state index in [-0.39, 0.29) is 40.7 Å². The lowest BCUT2D eigenvalue weighted by atomic mass is 9.83. The number of piperidine rings is 1. The van der Waals surface area contributed by atoms with Crippen LogP contribution in [0.4, 0.5) is 13.2 Å². The molecular weight excluding hydrogens is 561 g/mol. The summed E-state index contributed by atoms with van der Waals surface area (Å²) in [4.78, 5) is 34.7. The van der Waals surface area contributed by atoms with Crippen LogP contribution in [0.1, 0.15) is 42.3 Å². The Hall–Kier alpha value is -3.00. The Balaban J connectivity index is 1.59. The number of amidine groups is 1. The maximum absolute atomic E-state index is 15.1. The van der Waals surface area contributed by atoms with Crippen molar-refractivity contribution in [2.24, 2.45) is 4.99 Å². The SMILES string of the molecule is COC(=O)C1=C(CN2C3CC(F)(F)C2C[C@](O)(CC(=O)O)C3)NC(c2nccs2)=N[C@H]1c1cccc(F)c1Cl. The summed E-state index contributed by atoms with van der Waals surface area (Å²) in [6, 6.07) is 0.604. The number of esters is 1. The fourth-order valence-corrected chi connectivity index (χ4v) is 6.54. The first-order chi connectivity index (χ1) is 18.4. The fourth-order valence-electron chi connectivity index (χ4n) is 5.73. The number of carbonyl (C=O) groups excluding carboxylic acids is 1. The highest BCUT2D eigenvalue weighted by Gasteiger charge is 2.61. The molecule has 1 aromatic heterocycles. The van der Waals surface area contributed by atoms with Gasteiger partial charge in [0.25, 0.3) is 5.92 Å². The van der Waals surface area contributed by atoms with Gasteiger partial charge in [-0.3, -0.25) is 14.7 Å². The number of thiazole rings is 1. The second kappa shape index (κ2) is 10.2. The van der Waals surface area contributed by atoms with E-state index >= 15 is 8.78 Å². The zero-order valence-corrected chi connectivity index (χ0v) is 22.1. The molecule has 3 aliphatic heterocycles. The monoisotopic (exact) mass is 584 g/mol. The van der Waals surface area contributed by atoms with Crippen molar-refractivity contribution >= 4 is 40.7 Å². The third kappa shape index (κ3) is 5.15. The lowest BCUT2D eigenvalue weighted by Crippen LogP contribution is -2.55. The number of alkyl halides is 2. The van der Waals surface area contributed by atoms with E-state index < -0.39 is 66.7 Å². The number of halogens is 4. The number of aliphatic imine (C=N–C) groups is 1. The van der Waals surface area contributed by atoms with Crippen molar-refractivity contribution in [1.29, 1.82) is 0 Å². The van der Waals surface area contributed by atoms with Gasteiger partial charge in [0.1, 0.15) is 11.9 Å². The third-order valence-electron chi connectivity index (χ3n) is 7.32. The number of hydrogen-bond acceptors (Lipinski definition) is 9. The molecule has 3 N–H and O–H groups in total. The number of nitrogens with zero attached hydrogens (tertiary/aromatic N) is 3. The number of ether oxygens (including phenoxy) is 1. The molecule has 2 aromatic rings. The smallest absolute Gasteiger partial charge is 0.338 e. The quantitative estimate of drug-likeness (QED) is 0.422. The molecule has 4 heterocycles. The minimum absolute atomic E-state index is 0.0422. The zero-order valence-electron chi connectivity index (χ0n) is 20.5. The van der Waals surface area contributed by atoms with Gasteiger partial charge in [0, 0.05) is 41.8 Å². The van der Waals surface area contributed by atoms with Crippen LogP contribution in [0, 0.1) is 5.82 Å². The molecule has 208 valence electrons. The highest BCUT2D eigenvalue weighted by Crippen LogP contribution is 2.50. The van der Waals surface area contributed by atoms with Crippen molar-refractivity contribution in [1.82, 2.24) is 15.2 Å². The van der Waals surface area contributed by atoms with Gasteiger partial charge < -0.3 is 20.3 Å². The Morgan fingerprint density at radius 2 is 2.08 bits per heavy atom. The molecule has 2 unspecified atom stereocenters. The number of carbonyl (C=O) groups is 2. The molecule has 0 saturated carbocycles. The van der Waals surface area contributed by atoms with Crippen LogP contribution in [0.2, 0.25) is 5.02 Å². The maximum atomic E-state index is 15.1. The van der Waals surface area contributed by atoms with E-state index in [2.05, 4.69) is 15.3 Å². The first-order valence-electron chi connectivity index (χ1n) is 12.0. The van der Waals surface area contributed by atoms with Crippen LogP contribution in [0.5, 0.6) is 0 Å². The number of rotatable bonds is 7. The number of nitrogens with one attached hydrogen (secondary N) is 1. The van der Waals surface area contributed by atoms with Crippen molar-refractivity contribution in [2.45, 2.75) is 55.3 Å². The summed E-state index contributed by atoms with van der Waals surface area (Å²) < 4.78 is 49.7. The second-order valence-electron chi connectivity index (χ2n) is 9.88. The molecular formula is C25H24ClF3N4O5S. The molecule has 9 nitrogen and oxygen atoms in total. The van der Waals surface area contributed by atoms with Gasteiger partial charge >= 0.3 is 11.9 Å². The number of benzene rings is 1. The van der Waals surface area contributed by atoms with E-state index in [4.69, 9.17) is 16.3 Å². The van der Waals surface area contributed by atoms with Crippen molar-refractivity contribution in [3.8, 4) is 0 Å². The molecule has 4 atom stereocenters. The highest BCUT2D eigenvalue weighted by molar-refractivity contribution is 7.11. The highest BCUT2D eigenvalue weighted by atomic mass is 35.5. The Morgan fingerprint density at radius 1 is 1.31 bits per heavy atom. The number of aliphatic hydroxyl groups is 1. The number of aliphatic carboxylic acids is 1. The van der Waals surface area contributed by atoms with Crippen molar-refractivity contribution in [2.75, 3.05) is 13.7 Å². The summed E-state index contributed by atoms with van der Waals surface area (Å²) in [6.07, 6.45) is -0.330. The molecule has 5 rings (SSSR count). The number of carboxylic acids is 1. The van der Waals surface area contributed by atoms with Crippen LogP contribution in [0.15, 0.2) is 46.0 Å². The standard InChI is InChI=1S/C25H24ClF3N4O5S/c1-38-23(36)18-15(11-33-12-7-24(37,10-17(34)35)9-16(33)25(28,29)8-12)31-21(22-30-5-6-39-22)32-20(18)13-3-2-4-14(27)19(13)26/h2-6,12,16,20,37H,7-11H2,1H3,(H,31,32)(H,34,35)/t12?,16?,20-,24-/m0/s1. The van der Waals surface area contributed by atoms with E-state index in [9.17, 15) is 24.2 Å². The Morgan fingerprint density at radius 3 is 2.72 bits per heavy atom. The predicted octanol–water partition coefficient (Wildman–Crippen LogP) is 3.53. The summed E-state index contributed by atoms with van der Waals surface area (Å²) in [7, 11) is 1.15. The van der Waals surface area contributed by atoms with Crippen LogP contribution in [0.3, 0.4) is 0 Å². The Bertz CT molecular complexity index is 1370. The molecule has 2 bridgehead atoms. The summed E-state index contributed by atoms with van der Waals surface area (Å²) in [5.74, 6) is -5.79. The lowest BCUT2D eigenvalue weighted by molar-refractivity contribution is -0.148. The zero-order chi connectivity index (χ0) is 28.1. The first kappa shape index (κ1) is 27.6. The molecule has 3 aliphatic rings. The van der Waals surface area contributed by atoms with Crippen LogP contribution in [-0.4, -0.2) is 75.1 Å².